The quantitative estimate of drug-likeness (QED) is 0.219. The molecule has 10 heteroatoms. The van der Waals surface area contributed by atoms with Crippen LogP contribution in [0, 0.1) is 0 Å². The first-order chi connectivity index (χ1) is 15.4. The first kappa shape index (κ1) is 24.4. The highest BCUT2D eigenvalue weighted by Gasteiger charge is 2.11. The van der Waals surface area contributed by atoms with Gasteiger partial charge in [-0.3, -0.25) is 14.4 Å². The number of halogens is 1. The summed E-state index contributed by atoms with van der Waals surface area (Å²) in [5.41, 5.74) is 3.09. The Labute approximate surface area is 190 Å². The van der Waals surface area contributed by atoms with E-state index in [1.807, 2.05) is 6.92 Å². The Kier molecular flexibility index (Phi) is 9.73. The summed E-state index contributed by atoms with van der Waals surface area (Å²) in [6.45, 7) is 5.76. The van der Waals surface area contributed by atoms with Crippen LogP contribution < -0.4 is 25.5 Å². The molecule has 0 radical (unpaired) electrons. The Hall–Kier alpha value is -3.85. The van der Waals surface area contributed by atoms with Crippen LogP contribution in [-0.2, 0) is 14.4 Å². The lowest BCUT2D eigenvalue weighted by atomic mass is 10.2. The molecule has 168 valence electrons. The molecule has 32 heavy (non-hydrogen) atoms. The number of nitrogens with zero attached hydrogens (tertiary/aromatic N) is 1. The second-order valence-electron chi connectivity index (χ2n) is 6.17. The molecule has 9 nitrogen and oxygen atoms in total. The number of carbonyl (C=O) groups is 3. The molecule has 0 spiro atoms. The zero-order valence-corrected chi connectivity index (χ0v) is 18.1. The van der Waals surface area contributed by atoms with Crippen LogP contribution in [0.3, 0.4) is 0 Å². The number of hydrogen-bond donors (Lipinski definition) is 3. The highest BCUT2D eigenvalue weighted by molar-refractivity contribution is 6.35. The lowest BCUT2D eigenvalue weighted by Gasteiger charge is -2.10. The summed E-state index contributed by atoms with van der Waals surface area (Å²) in [7, 11) is 0. The molecule has 0 aliphatic heterocycles. The average Bonchev–Trinajstić information content (AvgIpc) is 2.78. The predicted octanol–water partition coefficient (Wildman–Crippen LogP) is 2.51. The molecule has 0 bridgehead atoms. The Morgan fingerprint density at radius 3 is 2.53 bits per heavy atom. The Morgan fingerprint density at radius 1 is 1.09 bits per heavy atom. The normalized spacial score (nSPS) is 10.3. The fraction of sp³-hybridized carbons (Fsp3) is 0.182. The molecule has 0 heterocycles. The van der Waals surface area contributed by atoms with Crippen LogP contribution in [0.4, 0.5) is 5.69 Å². The highest BCUT2D eigenvalue weighted by atomic mass is 35.5. The molecule has 3 amide bonds. The van der Waals surface area contributed by atoms with Gasteiger partial charge in [0.05, 0.1) is 12.8 Å². The van der Waals surface area contributed by atoms with E-state index < -0.39 is 11.8 Å². The van der Waals surface area contributed by atoms with Crippen LogP contribution in [-0.4, -0.2) is 43.7 Å². The van der Waals surface area contributed by atoms with Gasteiger partial charge in [-0.25, -0.2) is 5.43 Å². The molecule has 0 unspecified atom stereocenters. The van der Waals surface area contributed by atoms with Gasteiger partial charge in [0, 0.05) is 22.8 Å². The van der Waals surface area contributed by atoms with Crippen molar-refractivity contribution in [3.05, 3.63) is 65.7 Å². The molecule has 0 aliphatic carbocycles. The van der Waals surface area contributed by atoms with Crippen molar-refractivity contribution in [2.24, 2.45) is 5.10 Å². The molecule has 2 aromatic carbocycles. The number of nitrogens with one attached hydrogen (secondary N) is 3. The summed E-state index contributed by atoms with van der Waals surface area (Å²) in [5, 5.41) is 9.16. The lowest BCUT2D eigenvalue weighted by molar-refractivity contribution is -0.139. The largest absolute Gasteiger partial charge is 0.494 e. The monoisotopic (exact) mass is 458 g/mol. The molecule has 0 saturated carbocycles. The van der Waals surface area contributed by atoms with Crippen LogP contribution in [0.15, 0.2) is 60.2 Å². The van der Waals surface area contributed by atoms with Crippen LogP contribution in [0.2, 0.25) is 5.02 Å². The van der Waals surface area contributed by atoms with Crippen molar-refractivity contribution in [1.29, 1.82) is 0 Å². The third-order valence-electron chi connectivity index (χ3n) is 3.76. The molecule has 0 aromatic heterocycles. The third-order valence-corrected chi connectivity index (χ3v) is 4.00. The maximum absolute atomic E-state index is 12.2. The van der Waals surface area contributed by atoms with Gasteiger partial charge in [-0.05, 0) is 49.4 Å². The van der Waals surface area contributed by atoms with Gasteiger partial charge >= 0.3 is 11.8 Å². The second-order valence-corrected chi connectivity index (χ2v) is 6.61. The first-order valence-corrected chi connectivity index (χ1v) is 9.98. The van der Waals surface area contributed by atoms with Gasteiger partial charge in [-0.15, -0.1) is 6.58 Å². The summed E-state index contributed by atoms with van der Waals surface area (Å²) < 4.78 is 10.9. The van der Waals surface area contributed by atoms with Crippen molar-refractivity contribution in [2.75, 3.05) is 25.1 Å². The van der Waals surface area contributed by atoms with Crippen LogP contribution in [0.5, 0.6) is 11.5 Å². The predicted molar refractivity (Wildman–Crippen MR) is 122 cm³/mol. The van der Waals surface area contributed by atoms with Gasteiger partial charge in [-0.2, -0.15) is 5.10 Å². The van der Waals surface area contributed by atoms with E-state index in [-0.39, 0.29) is 19.1 Å². The average molecular weight is 459 g/mol. The van der Waals surface area contributed by atoms with Crippen molar-refractivity contribution in [2.45, 2.75) is 6.92 Å². The summed E-state index contributed by atoms with van der Waals surface area (Å²) in [6, 6.07) is 11.6. The number of hydrazone groups is 1. The van der Waals surface area contributed by atoms with E-state index in [4.69, 9.17) is 21.1 Å². The fourth-order valence-corrected chi connectivity index (χ4v) is 2.53. The summed E-state index contributed by atoms with van der Waals surface area (Å²) in [5.74, 6) is -1.15. The summed E-state index contributed by atoms with van der Waals surface area (Å²) in [6.07, 6.45) is 2.69. The minimum Gasteiger partial charge on any atom is -0.494 e. The molecule has 0 aliphatic rings. The zero-order valence-electron chi connectivity index (χ0n) is 17.4. The van der Waals surface area contributed by atoms with Gasteiger partial charge in [-0.1, -0.05) is 17.7 Å². The smallest absolute Gasteiger partial charge is 0.329 e. The van der Waals surface area contributed by atoms with Gasteiger partial charge in [0.1, 0.15) is 11.5 Å². The molecule has 2 rings (SSSR count). The molecule has 0 atom stereocenters. The Balaban J connectivity index is 1.94. The van der Waals surface area contributed by atoms with E-state index in [0.29, 0.717) is 34.4 Å². The molecule has 3 N–H and O–H groups in total. The number of rotatable bonds is 10. The molecular weight excluding hydrogens is 436 g/mol. The van der Waals surface area contributed by atoms with Gasteiger partial charge in [0.2, 0.25) is 0 Å². The van der Waals surface area contributed by atoms with E-state index in [1.165, 1.54) is 18.4 Å². The van der Waals surface area contributed by atoms with E-state index >= 15 is 0 Å². The minimum absolute atomic E-state index is 0.154. The number of hydrogen-bond acceptors (Lipinski definition) is 6. The van der Waals surface area contributed by atoms with Crippen molar-refractivity contribution in [1.82, 2.24) is 10.7 Å². The molecule has 0 fully saturated rings. The van der Waals surface area contributed by atoms with Crippen LogP contribution in [0.1, 0.15) is 12.5 Å². The molecular formula is C22H23ClN4O5. The van der Waals surface area contributed by atoms with Gasteiger partial charge < -0.3 is 20.1 Å². The topological polar surface area (TPSA) is 118 Å². The zero-order chi connectivity index (χ0) is 23.3. The Morgan fingerprint density at radius 2 is 1.84 bits per heavy atom. The van der Waals surface area contributed by atoms with Crippen molar-refractivity contribution < 1.29 is 23.9 Å². The highest BCUT2D eigenvalue weighted by Crippen LogP contribution is 2.21. The molecule has 2 aromatic rings. The van der Waals surface area contributed by atoms with Crippen molar-refractivity contribution in [3.63, 3.8) is 0 Å². The number of anilines is 1. The number of carbonyl (C=O) groups excluding carboxylic acids is 3. The van der Waals surface area contributed by atoms with E-state index in [1.54, 1.807) is 36.4 Å². The first-order valence-electron chi connectivity index (χ1n) is 9.60. The van der Waals surface area contributed by atoms with Crippen LogP contribution >= 0.6 is 11.6 Å². The minimum atomic E-state index is -0.942. The number of ether oxygens (including phenoxy) is 2. The number of benzene rings is 2. The fourth-order valence-electron chi connectivity index (χ4n) is 2.35. The maximum atomic E-state index is 12.2. The SMILES string of the molecule is C=CCNC(=O)C(=O)N/N=C\c1cc(Cl)ccc1OCC(=O)Nc1ccc(OCC)cc1. The molecule has 0 saturated heterocycles. The lowest BCUT2D eigenvalue weighted by Crippen LogP contribution is -2.37. The van der Waals surface area contributed by atoms with E-state index in [9.17, 15) is 14.4 Å². The van der Waals surface area contributed by atoms with E-state index in [2.05, 4.69) is 27.7 Å². The summed E-state index contributed by atoms with van der Waals surface area (Å²) >= 11 is 6.00. The maximum Gasteiger partial charge on any atom is 0.329 e. The van der Waals surface area contributed by atoms with Gasteiger partial charge in [0.25, 0.3) is 5.91 Å². The van der Waals surface area contributed by atoms with E-state index in [0.717, 1.165) is 0 Å². The van der Waals surface area contributed by atoms with Crippen molar-refractivity contribution in [3.8, 4) is 11.5 Å². The third kappa shape index (κ3) is 8.11. The Bertz CT molecular complexity index is 992. The van der Waals surface area contributed by atoms with Crippen molar-refractivity contribution >= 4 is 41.2 Å². The number of amides is 3. The second kappa shape index (κ2) is 12.8. The summed E-state index contributed by atoms with van der Waals surface area (Å²) in [4.78, 5) is 35.4. The van der Waals surface area contributed by atoms with Crippen LogP contribution in [0.25, 0.3) is 0 Å². The van der Waals surface area contributed by atoms with Gasteiger partial charge in [0.15, 0.2) is 6.61 Å². The standard InChI is InChI=1S/C22H23ClN4O5/c1-3-11-24-21(29)22(30)27-25-13-15-12-16(23)5-10-19(15)32-14-20(28)26-17-6-8-18(9-7-17)31-4-2/h3,5-10,12-13H,1,4,11,14H2,2H3,(H,24,29)(H,26,28)(H,27,30)/b25-13-.